The largest absolute Gasteiger partial charge is 0.478 e. The van der Waals surface area contributed by atoms with Crippen molar-refractivity contribution in [3.05, 3.63) is 29.8 Å². The summed E-state index contributed by atoms with van der Waals surface area (Å²) in [7, 11) is 0. The van der Waals surface area contributed by atoms with Gasteiger partial charge in [0, 0.05) is 12.2 Å². The third kappa shape index (κ3) is 3.20. The predicted molar refractivity (Wildman–Crippen MR) is 65.2 cm³/mol. The predicted octanol–water partition coefficient (Wildman–Crippen LogP) is 1.96. The number of carboxylic acid groups (broad SMARTS) is 1. The van der Waals surface area contributed by atoms with Crippen LogP contribution in [0.5, 0.6) is 0 Å². The lowest BCUT2D eigenvalue weighted by molar-refractivity contribution is 0.0697. The zero-order valence-electron chi connectivity index (χ0n) is 9.60. The van der Waals surface area contributed by atoms with Crippen LogP contribution in [0.3, 0.4) is 0 Å². The van der Waals surface area contributed by atoms with Crippen LogP contribution in [0.2, 0.25) is 0 Å². The molecule has 0 aromatic heterocycles. The number of rotatable bonds is 4. The van der Waals surface area contributed by atoms with Gasteiger partial charge >= 0.3 is 5.97 Å². The lowest BCUT2D eigenvalue weighted by Gasteiger charge is -2.12. The fourth-order valence-electron chi connectivity index (χ4n) is 2.23. The number of aromatic carboxylic acids is 1. The normalized spacial score (nSPS) is 23.6. The number of hydrogen-bond acceptors (Lipinski definition) is 3. The van der Waals surface area contributed by atoms with E-state index in [9.17, 15) is 9.90 Å². The van der Waals surface area contributed by atoms with Gasteiger partial charge in [-0.05, 0) is 49.4 Å². The van der Waals surface area contributed by atoms with Crippen molar-refractivity contribution >= 4 is 11.7 Å². The van der Waals surface area contributed by atoms with E-state index in [1.165, 1.54) is 0 Å². The standard InChI is InChI=1S/C13H17NO3/c15-12-6-1-9(7-12)8-14-11-4-2-10(3-5-11)13(16)17/h2-5,9,12,14-15H,1,6-8H2,(H,16,17). The monoisotopic (exact) mass is 235 g/mol. The first-order valence-electron chi connectivity index (χ1n) is 5.90. The minimum atomic E-state index is -0.907. The van der Waals surface area contributed by atoms with Crippen LogP contribution in [0, 0.1) is 5.92 Å². The van der Waals surface area contributed by atoms with Gasteiger partial charge < -0.3 is 15.5 Å². The Labute approximate surface area is 100 Å². The summed E-state index contributed by atoms with van der Waals surface area (Å²) in [6.45, 7) is 0.837. The first-order chi connectivity index (χ1) is 8.15. The van der Waals surface area contributed by atoms with Gasteiger partial charge in [-0.2, -0.15) is 0 Å². The molecule has 0 amide bonds. The topological polar surface area (TPSA) is 69.6 Å². The van der Waals surface area contributed by atoms with E-state index in [1.807, 2.05) is 0 Å². The Balaban J connectivity index is 1.85. The van der Waals surface area contributed by atoms with E-state index < -0.39 is 5.97 Å². The van der Waals surface area contributed by atoms with Gasteiger partial charge in [-0.15, -0.1) is 0 Å². The average Bonchev–Trinajstić information content (AvgIpc) is 2.73. The van der Waals surface area contributed by atoms with Gasteiger partial charge in [0.25, 0.3) is 0 Å². The highest BCUT2D eigenvalue weighted by Gasteiger charge is 2.22. The Morgan fingerprint density at radius 1 is 1.29 bits per heavy atom. The fraction of sp³-hybridized carbons (Fsp3) is 0.462. The number of hydrogen-bond donors (Lipinski definition) is 3. The smallest absolute Gasteiger partial charge is 0.335 e. The van der Waals surface area contributed by atoms with Gasteiger partial charge in [-0.3, -0.25) is 0 Å². The van der Waals surface area contributed by atoms with Crippen LogP contribution in [0.15, 0.2) is 24.3 Å². The summed E-state index contributed by atoms with van der Waals surface area (Å²) in [5.41, 5.74) is 1.23. The highest BCUT2D eigenvalue weighted by molar-refractivity contribution is 5.87. The molecule has 1 saturated carbocycles. The van der Waals surface area contributed by atoms with Crippen LogP contribution in [0.25, 0.3) is 0 Å². The highest BCUT2D eigenvalue weighted by atomic mass is 16.4. The van der Waals surface area contributed by atoms with E-state index in [2.05, 4.69) is 5.32 Å². The summed E-state index contributed by atoms with van der Waals surface area (Å²) < 4.78 is 0. The van der Waals surface area contributed by atoms with E-state index in [0.29, 0.717) is 11.5 Å². The zero-order chi connectivity index (χ0) is 12.3. The summed E-state index contributed by atoms with van der Waals surface area (Å²) in [6.07, 6.45) is 2.67. The minimum absolute atomic E-state index is 0.142. The third-order valence-electron chi connectivity index (χ3n) is 3.24. The first kappa shape index (κ1) is 11.9. The number of anilines is 1. The molecule has 0 aliphatic heterocycles. The third-order valence-corrected chi connectivity index (χ3v) is 3.24. The van der Waals surface area contributed by atoms with Crippen LogP contribution in [-0.4, -0.2) is 28.8 Å². The van der Waals surface area contributed by atoms with Crippen molar-refractivity contribution in [2.75, 3.05) is 11.9 Å². The van der Waals surface area contributed by atoms with Crippen molar-refractivity contribution in [2.45, 2.75) is 25.4 Å². The molecule has 0 radical (unpaired) electrons. The Kier molecular flexibility index (Phi) is 3.64. The van der Waals surface area contributed by atoms with E-state index in [0.717, 1.165) is 31.5 Å². The zero-order valence-corrected chi connectivity index (χ0v) is 9.60. The molecule has 3 N–H and O–H groups in total. The van der Waals surface area contributed by atoms with E-state index in [1.54, 1.807) is 24.3 Å². The Morgan fingerprint density at radius 3 is 2.53 bits per heavy atom. The van der Waals surface area contributed by atoms with Gasteiger partial charge in [-0.25, -0.2) is 4.79 Å². The molecule has 1 fully saturated rings. The molecule has 92 valence electrons. The number of nitrogens with one attached hydrogen (secondary N) is 1. The molecule has 2 atom stereocenters. The van der Waals surface area contributed by atoms with E-state index in [4.69, 9.17) is 5.11 Å². The maximum Gasteiger partial charge on any atom is 0.335 e. The maximum atomic E-state index is 10.7. The number of carbonyl (C=O) groups is 1. The second kappa shape index (κ2) is 5.19. The van der Waals surface area contributed by atoms with Crippen molar-refractivity contribution < 1.29 is 15.0 Å². The minimum Gasteiger partial charge on any atom is -0.478 e. The quantitative estimate of drug-likeness (QED) is 0.746. The molecule has 0 heterocycles. The van der Waals surface area contributed by atoms with Crippen molar-refractivity contribution in [3.8, 4) is 0 Å². The van der Waals surface area contributed by atoms with E-state index >= 15 is 0 Å². The van der Waals surface area contributed by atoms with Gasteiger partial charge in [0.2, 0.25) is 0 Å². The molecule has 0 saturated heterocycles. The van der Waals surface area contributed by atoms with Crippen LogP contribution in [0.1, 0.15) is 29.6 Å². The number of aliphatic hydroxyl groups is 1. The summed E-state index contributed by atoms with van der Waals surface area (Å²) in [6, 6.07) is 6.73. The molecule has 1 aromatic rings. The van der Waals surface area contributed by atoms with E-state index in [-0.39, 0.29) is 6.10 Å². The van der Waals surface area contributed by atoms with Crippen LogP contribution >= 0.6 is 0 Å². The Hall–Kier alpha value is -1.55. The molecule has 1 aliphatic carbocycles. The molecule has 1 aliphatic rings. The maximum absolute atomic E-state index is 10.7. The first-order valence-corrected chi connectivity index (χ1v) is 5.90. The number of benzene rings is 1. The van der Waals surface area contributed by atoms with Gasteiger partial charge in [0.05, 0.1) is 11.7 Å². The Morgan fingerprint density at radius 2 is 2.00 bits per heavy atom. The molecule has 17 heavy (non-hydrogen) atoms. The molecule has 4 heteroatoms. The van der Waals surface area contributed by atoms with Gasteiger partial charge in [0.1, 0.15) is 0 Å². The summed E-state index contributed by atoms with van der Waals surface area (Å²) in [4.78, 5) is 10.7. The van der Waals surface area contributed by atoms with Crippen LogP contribution in [0.4, 0.5) is 5.69 Å². The van der Waals surface area contributed by atoms with Crippen LogP contribution < -0.4 is 5.32 Å². The average molecular weight is 235 g/mol. The summed E-state index contributed by atoms with van der Waals surface area (Å²) in [5, 5.41) is 21.4. The van der Waals surface area contributed by atoms with Gasteiger partial charge in [-0.1, -0.05) is 0 Å². The van der Waals surface area contributed by atoms with Crippen molar-refractivity contribution in [3.63, 3.8) is 0 Å². The molecule has 1 aromatic carbocycles. The van der Waals surface area contributed by atoms with Crippen molar-refractivity contribution in [1.29, 1.82) is 0 Å². The number of aliphatic hydroxyl groups excluding tert-OH is 1. The summed E-state index contributed by atoms with van der Waals surface area (Å²) in [5.74, 6) is -0.389. The molecule has 0 bridgehead atoms. The van der Waals surface area contributed by atoms with Crippen molar-refractivity contribution in [1.82, 2.24) is 0 Å². The molecular weight excluding hydrogens is 218 g/mol. The molecule has 0 spiro atoms. The lowest BCUT2D eigenvalue weighted by atomic mass is 10.1. The second-order valence-corrected chi connectivity index (χ2v) is 4.60. The molecule has 2 unspecified atom stereocenters. The molecule has 4 nitrogen and oxygen atoms in total. The molecular formula is C13H17NO3. The highest BCUT2D eigenvalue weighted by Crippen LogP contribution is 2.25. The summed E-state index contributed by atoms with van der Waals surface area (Å²) >= 11 is 0. The SMILES string of the molecule is O=C(O)c1ccc(NCC2CCC(O)C2)cc1. The fourth-order valence-corrected chi connectivity index (χ4v) is 2.23. The Bertz CT molecular complexity index is 388. The lowest BCUT2D eigenvalue weighted by Crippen LogP contribution is -2.12. The molecule has 2 rings (SSSR count). The van der Waals surface area contributed by atoms with Crippen molar-refractivity contribution in [2.24, 2.45) is 5.92 Å². The van der Waals surface area contributed by atoms with Crippen LogP contribution in [-0.2, 0) is 0 Å². The van der Waals surface area contributed by atoms with Gasteiger partial charge in [0.15, 0.2) is 0 Å². The second-order valence-electron chi connectivity index (χ2n) is 4.60. The number of carboxylic acids is 1.